The van der Waals surface area contributed by atoms with Crippen LogP contribution in [0.4, 0.5) is 0 Å². The molecule has 1 heterocycles. The predicted octanol–water partition coefficient (Wildman–Crippen LogP) is 3.52. The minimum Gasteiger partial charge on any atom is -0.487 e. The molecular formula is C18H20N2O. The highest BCUT2D eigenvalue weighted by atomic mass is 16.5. The van der Waals surface area contributed by atoms with Gasteiger partial charge < -0.3 is 15.0 Å². The van der Waals surface area contributed by atoms with E-state index in [1.165, 1.54) is 16.5 Å². The molecule has 1 aromatic heterocycles. The molecule has 0 aliphatic carbocycles. The lowest BCUT2D eigenvalue weighted by Gasteiger charge is -2.09. The zero-order valence-electron chi connectivity index (χ0n) is 12.5. The lowest BCUT2D eigenvalue weighted by molar-refractivity contribution is 0.297. The summed E-state index contributed by atoms with van der Waals surface area (Å²) in [6.45, 7) is 3.17. The second-order valence-electron chi connectivity index (χ2n) is 5.36. The van der Waals surface area contributed by atoms with Crippen molar-refractivity contribution >= 4 is 10.9 Å². The van der Waals surface area contributed by atoms with Gasteiger partial charge in [0, 0.05) is 19.0 Å². The van der Waals surface area contributed by atoms with E-state index in [-0.39, 0.29) is 0 Å². The van der Waals surface area contributed by atoms with Crippen LogP contribution in [0.2, 0.25) is 0 Å². The van der Waals surface area contributed by atoms with Crippen LogP contribution in [0, 0.1) is 6.92 Å². The molecule has 0 aliphatic heterocycles. The summed E-state index contributed by atoms with van der Waals surface area (Å²) >= 11 is 0. The monoisotopic (exact) mass is 280 g/mol. The Hall–Kier alpha value is -2.26. The summed E-state index contributed by atoms with van der Waals surface area (Å²) in [5, 5.41) is 1.21. The van der Waals surface area contributed by atoms with Crippen molar-refractivity contribution in [1.82, 2.24) is 4.57 Å². The molecule has 0 radical (unpaired) electrons. The van der Waals surface area contributed by atoms with E-state index in [4.69, 9.17) is 10.5 Å². The molecule has 0 saturated carbocycles. The van der Waals surface area contributed by atoms with E-state index in [1.54, 1.807) is 0 Å². The Bertz CT molecular complexity index is 757. The highest BCUT2D eigenvalue weighted by Gasteiger charge is 2.09. The van der Waals surface area contributed by atoms with Crippen LogP contribution in [0.1, 0.15) is 16.8 Å². The molecule has 3 heteroatoms. The number of benzene rings is 2. The van der Waals surface area contributed by atoms with Crippen molar-refractivity contribution in [2.24, 2.45) is 12.8 Å². The molecule has 0 aliphatic rings. The summed E-state index contributed by atoms with van der Waals surface area (Å²) in [4.78, 5) is 0. The fraction of sp³-hybridized carbons (Fsp3) is 0.222. The Morgan fingerprint density at radius 2 is 1.86 bits per heavy atom. The summed E-state index contributed by atoms with van der Waals surface area (Å²) < 4.78 is 8.05. The van der Waals surface area contributed by atoms with Gasteiger partial charge in [0.2, 0.25) is 0 Å². The van der Waals surface area contributed by atoms with Gasteiger partial charge in [-0.05, 0) is 30.7 Å². The van der Waals surface area contributed by atoms with Crippen LogP contribution in [0.15, 0.2) is 48.5 Å². The summed E-state index contributed by atoms with van der Waals surface area (Å²) in [7, 11) is 2.06. The van der Waals surface area contributed by atoms with Gasteiger partial charge >= 0.3 is 0 Å². The maximum atomic E-state index is 5.88. The van der Waals surface area contributed by atoms with Crippen molar-refractivity contribution in [3.63, 3.8) is 0 Å². The van der Waals surface area contributed by atoms with Crippen LogP contribution in [0.25, 0.3) is 10.9 Å². The number of aromatic nitrogens is 1. The number of hydrogen-bond donors (Lipinski definition) is 1. The van der Waals surface area contributed by atoms with Crippen LogP contribution < -0.4 is 10.5 Å². The van der Waals surface area contributed by atoms with Crippen molar-refractivity contribution in [2.75, 3.05) is 0 Å². The molecular weight excluding hydrogens is 260 g/mol. The van der Waals surface area contributed by atoms with E-state index >= 15 is 0 Å². The molecule has 0 amide bonds. The number of nitrogens with zero attached hydrogens (tertiary/aromatic N) is 1. The minimum absolute atomic E-state index is 0.549. The van der Waals surface area contributed by atoms with Gasteiger partial charge in [-0.2, -0.15) is 0 Å². The number of ether oxygens (including phenoxy) is 1. The molecule has 3 rings (SSSR count). The van der Waals surface area contributed by atoms with Crippen LogP contribution in [0.5, 0.6) is 5.75 Å². The molecule has 0 fully saturated rings. The summed E-state index contributed by atoms with van der Waals surface area (Å²) in [6, 6.07) is 16.5. The first kappa shape index (κ1) is 13.7. The molecule has 0 bridgehead atoms. The van der Waals surface area contributed by atoms with E-state index in [0.717, 1.165) is 17.0 Å². The standard InChI is InChI=1S/C18H20N2O/c1-13-6-8-17(9-7-13)21-12-16-10-14-4-3-5-15(11-19)18(14)20(16)2/h3-10H,11-12,19H2,1-2H3. The Morgan fingerprint density at radius 1 is 1.10 bits per heavy atom. The van der Waals surface area contributed by atoms with E-state index < -0.39 is 0 Å². The summed E-state index contributed by atoms with van der Waals surface area (Å²) in [6.07, 6.45) is 0. The lowest BCUT2D eigenvalue weighted by atomic mass is 10.1. The van der Waals surface area contributed by atoms with Crippen molar-refractivity contribution < 1.29 is 4.74 Å². The highest BCUT2D eigenvalue weighted by molar-refractivity contribution is 5.84. The average molecular weight is 280 g/mol. The topological polar surface area (TPSA) is 40.2 Å². The fourth-order valence-corrected chi connectivity index (χ4v) is 2.65. The lowest BCUT2D eigenvalue weighted by Crippen LogP contribution is -2.04. The first-order chi connectivity index (χ1) is 10.2. The molecule has 108 valence electrons. The normalized spacial score (nSPS) is 11.0. The van der Waals surface area contributed by atoms with Gasteiger partial charge in [0.15, 0.2) is 0 Å². The third kappa shape index (κ3) is 2.65. The zero-order valence-corrected chi connectivity index (χ0v) is 12.5. The van der Waals surface area contributed by atoms with Gasteiger partial charge in [-0.15, -0.1) is 0 Å². The second kappa shape index (κ2) is 5.62. The largest absolute Gasteiger partial charge is 0.487 e. The van der Waals surface area contributed by atoms with Crippen LogP contribution in [-0.2, 0) is 20.2 Å². The van der Waals surface area contributed by atoms with Gasteiger partial charge in [0.1, 0.15) is 12.4 Å². The molecule has 21 heavy (non-hydrogen) atoms. The summed E-state index contributed by atoms with van der Waals surface area (Å²) in [5.74, 6) is 0.893. The highest BCUT2D eigenvalue weighted by Crippen LogP contribution is 2.23. The Balaban J connectivity index is 1.87. The van der Waals surface area contributed by atoms with Gasteiger partial charge in [0.05, 0.1) is 11.2 Å². The Labute approximate surface area is 125 Å². The van der Waals surface area contributed by atoms with Crippen molar-refractivity contribution in [2.45, 2.75) is 20.1 Å². The predicted molar refractivity (Wildman–Crippen MR) is 86.3 cm³/mol. The Morgan fingerprint density at radius 3 is 2.57 bits per heavy atom. The van der Waals surface area contributed by atoms with Gasteiger partial charge in [-0.1, -0.05) is 35.9 Å². The average Bonchev–Trinajstić information content (AvgIpc) is 2.83. The number of aryl methyl sites for hydroxylation is 2. The third-order valence-corrected chi connectivity index (χ3v) is 3.87. The molecule has 0 atom stereocenters. The molecule has 3 aromatic rings. The fourth-order valence-electron chi connectivity index (χ4n) is 2.65. The van der Waals surface area contributed by atoms with E-state index in [2.05, 4.69) is 54.9 Å². The Kier molecular flexibility index (Phi) is 3.67. The number of nitrogens with two attached hydrogens (primary N) is 1. The van der Waals surface area contributed by atoms with Crippen LogP contribution >= 0.6 is 0 Å². The number of para-hydroxylation sites is 1. The molecule has 2 aromatic carbocycles. The number of rotatable bonds is 4. The smallest absolute Gasteiger partial charge is 0.128 e. The molecule has 0 spiro atoms. The molecule has 0 unspecified atom stereocenters. The quantitative estimate of drug-likeness (QED) is 0.794. The van der Waals surface area contributed by atoms with Crippen molar-refractivity contribution in [3.05, 3.63) is 65.4 Å². The van der Waals surface area contributed by atoms with Crippen LogP contribution in [0.3, 0.4) is 0 Å². The summed E-state index contributed by atoms with van der Waals surface area (Å²) in [5.41, 5.74) is 10.6. The SMILES string of the molecule is Cc1ccc(OCc2cc3cccc(CN)c3n2C)cc1. The zero-order chi connectivity index (χ0) is 14.8. The second-order valence-corrected chi connectivity index (χ2v) is 5.36. The van der Waals surface area contributed by atoms with E-state index in [9.17, 15) is 0 Å². The van der Waals surface area contributed by atoms with Crippen molar-refractivity contribution in [1.29, 1.82) is 0 Å². The van der Waals surface area contributed by atoms with Crippen LogP contribution in [-0.4, -0.2) is 4.57 Å². The molecule has 3 nitrogen and oxygen atoms in total. The van der Waals surface area contributed by atoms with Crippen molar-refractivity contribution in [3.8, 4) is 5.75 Å². The third-order valence-electron chi connectivity index (χ3n) is 3.87. The van der Waals surface area contributed by atoms with Gasteiger partial charge in [-0.3, -0.25) is 0 Å². The first-order valence-electron chi connectivity index (χ1n) is 7.15. The number of hydrogen-bond acceptors (Lipinski definition) is 2. The first-order valence-corrected chi connectivity index (χ1v) is 7.15. The maximum Gasteiger partial charge on any atom is 0.128 e. The van der Waals surface area contributed by atoms with E-state index in [1.807, 2.05) is 12.1 Å². The molecule has 0 saturated heterocycles. The maximum absolute atomic E-state index is 5.88. The van der Waals surface area contributed by atoms with Gasteiger partial charge in [0.25, 0.3) is 0 Å². The van der Waals surface area contributed by atoms with Gasteiger partial charge in [-0.25, -0.2) is 0 Å². The molecule has 2 N–H and O–H groups in total. The minimum atomic E-state index is 0.549. The number of fused-ring (bicyclic) bond motifs is 1. The van der Waals surface area contributed by atoms with E-state index in [0.29, 0.717) is 13.2 Å².